The van der Waals surface area contributed by atoms with E-state index < -0.39 is 0 Å². The Morgan fingerprint density at radius 2 is 2.00 bits per heavy atom. The van der Waals surface area contributed by atoms with E-state index in [2.05, 4.69) is 6.07 Å². The molecule has 0 saturated carbocycles. The van der Waals surface area contributed by atoms with Gasteiger partial charge < -0.3 is 14.5 Å². The van der Waals surface area contributed by atoms with E-state index in [0.29, 0.717) is 5.75 Å². The Bertz CT molecular complexity index is 847. The monoisotopic (exact) mass is 336 g/mol. The van der Waals surface area contributed by atoms with E-state index in [4.69, 9.17) is 4.74 Å². The molecule has 0 aliphatic carbocycles. The van der Waals surface area contributed by atoms with Crippen LogP contribution in [0, 0.1) is 6.92 Å². The van der Waals surface area contributed by atoms with Crippen molar-refractivity contribution in [3.63, 3.8) is 0 Å². The first-order chi connectivity index (χ1) is 12.1. The minimum absolute atomic E-state index is 0.00775. The summed E-state index contributed by atoms with van der Waals surface area (Å²) in [6, 6.07) is 13.7. The number of anilines is 2. The van der Waals surface area contributed by atoms with Gasteiger partial charge in [-0.2, -0.15) is 0 Å². The fourth-order valence-electron chi connectivity index (χ4n) is 3.54. The number of amides is 1. The van der Waals surface area contributed by atoms with E-state index in [1.165, 1.54) is 5.56 Å². The van der Waals surface area contributed by atoms with Crippen LogP contribution in [0.4, 0.5) is 11.4 Å². The zero-order chi connectivity index (χ0) is 17.4. The molecule has 0 saturated heterocycles. The summed E-state index contributed by atoms with van der Waals surface area (Å²) in [6.07, 6.45) is 1.96. The van der Waals surface area contributed by atoms with Gasteiger partial charge in [0.1, 0.15) is 6.54 Å². The molecule has 1 amide bonds. The van der Waals surface area contributed by atoms with Crippen LogP contribution in [0.15, 0.2) is 42.5 Å². The minimum Gasteiger partial charge on any atom is -0.423 e. The molecule has 5 nitrogen and oxygen atoms in total. The lowest BCUT2D eigenvalue weighted by molar-refractivity contribution is -0.133. The van der Waals surface area contributed by atoms with Crippen molar-refractivity contribution in [1.82, 2.24) is 0 Å². The van der Waals surface area contributed by atoms with Gasteiger partial charge in [-0.05, 0) is 49.1 Å². The third kappa shape index (κ3) is 2.97. The molecule has 4 rings (SSSR count). The topological polar surface area (TPSA) is 49.9 Å². The molecule has 2 aliphatic heterocycles. The van der Waals surface area contributed by atoms with E-state index >= 15 is 0 Å². The molecule has 0 atom stereocenters. The Morgan fingerprint density at radius 1 is 1.16 bits per heavy atom. The number of carbonyl (C=O) groups excluding carboxylic acids is 2. The molecule has 2 aliphatic rings. The van der Waals surface area contributed by atoms with Crippen molar-refractivity contribution in [2.45, 2.75) is 19.8 Å². The molecular weight excluding hydrogens is 316 g/mol. The average Bonchev–Trinajstić information content (AvgIpc) is 2.60. The maximum Gasteiger partial charge on any atom is 0.331 e. The van der Waals surface area contributed by atoms with Gasteiger partial charge in [-0.1, -0.05) is 24.3 Å². The standard InChI is InChI=1S/C20H20N2O3/c1-14-8-9-17-18(11-14)25-20(24)13-21(17)12-19(23)22-10-4-6-15-5-2-3-7-16(15)22/h2-3,5,7-9,11H,4,6,10,12-13H2,1H3. The lowest BCUT2D eigenvalue weighted by atomic mass is 10.0. The number of hydrogen-bond donors (Lipinski definition) is 0. The molecule has 2 aromatic carbocycles. The fourth-order valence-corrected chi connectivity index (χ4v) is 3.54. The fraction of sp³-hybridized carbons (Fsp3) is 0.300. The number of rotatable bonds is 2. The zero-order valence-corrected chi connectivity index (χ0v) is 14.2. The second kappa shape index (κ2) is 6.24. The third-order valence-corrected chi connectivity index (χ3v) is 4.74. The van der Waals surface area contributed by atoms with Crippen molar-refractivity contribution in [3.8, 4) is 5.75 Å². The van der Waals surface area contributed by atoms with Gasteiger partial charge in [-0.15, -0.1) is 0 Å². The van der Waals surface area contributed by atoms with Crippen molar-refractivity contribution in [3.05, 3.63) is 53.6 Å². The summed E-state index contributed by atoms with van der Waals surface area (Å²) in [5, 5.41) is 0. The molecule has 0 aromatic heterocycles. The molecular formula is C20H20N2O3. The van der Waals surface area contributed by atoms with Crippen LogP contribution in [0.1, 0.15) is 17.5 Å². The van der Waals surface area contributed by atoms with Crippen LogP contribution in [0.25, 0.3) is 0 Å². The van der Waals surface area contributed by atoms with E-state index in [1.54, 1.807) is 4.90 Å². The van der Waals surface area contributed by atoms with Gasteiger partial charge in [0.25, 0.3) is 0 Å². The molecule has 2 aromatic rings. The van der Waals surface area contributed by atoms with Crippen molar-refractivity contribution in [2.75, 3.05) is 29.4 Å². The number of para-hydroxylation sites is 1. The Balaban J connectivity index is 1.59. The summed E-state index contributed by atoms with van der Waals surface area (Å²) >= 11 is 0. The van der Waals surface area contributed by atoms with Gasteiger partial charge in [0.15, 0.2) is 5.75 Å². The van der Waals surface area contributed by atoms with Crippen molar-refractivity contribution >= 4 is 23.3 Å². The average molecular weight is 336 g/mol. The van der Waals surface area contributed by atoms with Gasteiger partial charge >= 0.3 is 5.97 Å². The van der Waals surface area contributed by atoms with Gasteiger partial charge in [-0.3, -0.25) is 4.79 Å². The summed E-state index contributed by atoms with van der Waals surface area (Å²) in [5.41, 5.74) is 4.01. The first-order valence-electron chi connectivity index (χ1n) is 8.56. The number of ether oxygens (including phenoxy) is 1. The van der Waals surface area contributed by atoms with Gasteiger partial charge in [0.05, 0.1) is 12.2 Å². The number of aryl methyl sites for hydroxylation is 2. The van der Waals surface area contributed by atoms with Crippen LogP contribution < -0.4 is 14.5 Å². The molecule has 0 fully saturated rings. The Hall–Kier alpha value is -2.82. The Kier molecular flexibility index (Phi) is 3.92. The van der Waals surface area contributed by atoms with Crippen molar-refractivity contribution in [2.24, 2.45) is 0 Å². The van der Waals surface area contributed by atoms with Crippen LogP contribution >= 0.6 is 0 Å². The van der Waals surface area contributed by atoms with Crippen molar-refractivity contribution in [1.29, 1.82) is 0 Å². The molecule has 0 bridgehead atoms. The molecule has 0 spiro atoms. The van der Waals surface area contributed by atoms with E-state index in [9.17, 15) is 9.59 Å². The molecule has 5 heteroatoms. The molecule has 0 N–H and O–H groups in total. The summed E-state index contributed by atoms with van der Waals surface area (Å²) in [6.45, 7) is 2.93. The molecule has 2 heterocycles. The number of carbonyl (C=O) groups is 2. The van der Waals surface area contributed by atoms with Crippen LogP contribution in [0.3, 0.4) is 0 Å². The lowest BCUT2D eigenvalue weighted by Gasteiger charge is -2.34. The number of fused-ring (bicyclic) bond motifs is 2. The van der Waals surface area contributed by atoms with E-state index in [0.717, 1.165) is 36.3 Å². The first kappa shape index (κ1) is 15.7. The first-order valence-corrected chi connectivity index (χ1v) is 8.56. The lowest BCUT2D eigenvalue weighted by Crippen LogP contribution is -2.46. The maximum absolute atomic E-state index is 12.9. The van der Waals surface area contributed by atoms with E-state index in [1.807, 2.05) is 48.2 Å². The number of hydrogen-bond acceptors (Lipinski definition) is 4. The molecule has 0 radical (unpaired) electrons. The highest BCUT2D eigenvalue weighted by Crippen LogP contribution is 2.33. The highest BCUT2D eigenvalue weighted by molar-refractivity contribution is 5.99. The predicted molar refractivity (Wildman–Crippen MR) is 96.1 cm³/mol. The second-order valence-corrected chi connectivity index (χ2v) is 6.58. The Labute approximate surface area is 146 Å². The normalized spacial score (nSPS) is 16.1. The summed E-state index contributed by atoms with van der Waals surface area (Å²) in [4.78, 5) is 28.5. The maximum atomic E-state index is 12.9. The molecule has 0 unspecified atom stereocenters. The molecule has 128 valence electrons. The number of nitrogens with zero attached hydrogens (tertiary/aromatic N) is 2. The predicted octanol–water partition coefficient (Wildman–Crippen LogP) is 2.70. The summed E-state index contributed by atoms with van der Waals surface area (Å²) in [5.74, 6) is 0.210. The summed E-state index contributed by atoms with van der Waals surface area (Å²) in [7, 11) is 0. The second-order valence-electron chi connectivity index (χ2n) is 6.58. The SMILES string of the molecule is Cc1ccc2c(c1)OC(=O)CN2CC(=O)N1CCCc2ccccc21. The smallest absolute Gasteiger partial charge is 0.331 e. The highest BCUT2D eigenvalue weighted by atomic mass is 16.5. The quantitative estimate of drug-likeness (QED) is 0.625. The van der Waals surface area contributed by atoms with E-state index in [-0.39, 0.29) is 25.0 Å². The number of esters is 1. The van der Waals surface area contributed by atoms with Crippen LogP contribution in [0.2, 0.25) is 0 Å². The third-order valence-electron chi connectivity index (χ3n) is 4.74. The highest BCUT2D eigenvalue weighted by Gasteiger charge is 2.29. The van der Waals surface area contributed by atoms with Gasteiger partial charge in [0, 0.05) is 12.2 Å². The minimum atomic E-state index is -0.329. The summed E-state index contributed by atoms with van der Waals surface area (Å²) < 4.78 is 5.32. The molecule has 25 heavy (non-hydrogen) atoms. The van der Waals surface area contributed by atoms with Crippen LogP contribution in [0.5, 0.6) is 5.75 Å². The largest absolute Gasteiger partial charge is 0.423 e. The van der Waals surface area contributed by atoms with Crippen molar-refractivity contribution < 1.29 is 14.3 Å². The van der Waals surface area contributed by atoms with Gasteiger partial charge in [-0.25, -0.2) is 4.79 Å². The number of benzene rings is 2. The Morgan fingerprint density at radius 3 is 2.88 bits per heavy atom. The van der Waals surface area contributed by atoms with Crippen LogP contribution in [-0.2, 0) is 16.0 Å². The zero-order valence-electron chi connectivity index (χ0n) is 14.2. The van der Waals surface area contributed by atoms with Gasteiger partial charge in [0.2, 0.25) is 5.91 Å². The van der Waals surface area contributed by atoms with Crippen LogP contribution in [-0.4, -0.2) is 31.5 Å².